The Morgan fingerprint density at radius 2 is 0.595 bits per heavy atom. The number of hydrogen-bond donors (Lipinski definition) is 0. The third-order valence-electron chi connectivity index (χ3n) is 14.9. The summed E-state index contributed by atoms with van der Waals surface area (Å²) in [7, 11) is 0. The summed E-state index contributed by atoms with van der Waals surface area (Å²) in [5.74, 6) is 0. The molecular formula is C70H48N2O2. The van der Waals surface area contributed by atoms with Gasteiger partial charge in [0.1, 0.15) is 22.3 Å². The van der Waals surface area contributed by atoms with E-state index in [4.69, 9.17) is 8.83 Å². The van der Waals surface area contributed by atoms with Crippen LogP contribution >= 0.6 is 0 Å². The molecular weight excluding hydrogens is 901 g/mol. The molecule has 0 saturated carbocycles. The van der Waals surface area contributed by atoms with E-state index in [0.29, 0.717) is 0 Å². The van der Waals surface area contributed by atoms with E-state index in [1.165, 1.54) is 21.5 Å². The van der Waals surface area contributed by atoms with Crippen molar-refractivity contribution in [2.75, 3.05) is 9.80 Å². The fourth-order valence-corrected chi connectivity index (χ4v) is 11.4. The van der Waals surface area contributed by atoms with E-state index in [-0.39, 0.29) is 0 Å². The molecule has 0 aliphatic heterocycles. The summed E-state index contributed by atoms with van der Waals surface area (Å²) < 4.78 is 12.6. The highest BCUT2D eigenvalue weighted by atomic mass is 16.3. The maximum atomic E-state index is 6.28. The average Bonchev–Trinajstić information content (AvgIpc) is 4.03. The standard InChI is InChI=1S/C70H48N2O2/c1-45-41-49(33-37-61(45)71(65-29-15-19-47-17-3-5-21-53(47)65)63-27-11-7-23-55(63)51-35-39-69-59(43-51)57-25-9-13-31-67(57)73-69)50-34-38-62(46(2)42-50)72(66-30-16-20-48-18-4-6-22-54(48)66)64-28-12-8-24-56(64)52-36-40-70-60(44-52)58-26-10-14-32-68(58)74-70/h3-44H,1-2H3. The molecule has 0 amide bonds. The topological polar surface area (TPSA) is 32.8 Å². The number of para-hydroxylation sites is 4. The Morgan fingerprint density at radius 1 is 0.243 bits per heavy atom. The van der Waals surface area contributed by atoms with Crippen LogP contribution in [0.1, 0.15) is 11.1 Å². The molecule has 12 aromatic carbocycles. The Hall–Kier alpha value is -9.64. The van der Waals surface area contributed by atoms with Crippen molar-refractivity contribution in [3.8, 4) is 33.4 Å². The zero-order chi connectivity index (χ0) is 49.3. The molecule has 14 aromatic rings. The van der Waals surface area contributed by atoms with Gasteiger partial charge in [-0.2, -0.15) is 0 Å². The van der Waals surface area contributed by atoms with Crippen LogP contribution in [-0.4, -0.2) is 0 Å². The molecule has 0 unspecified atom stereocenters. The van der Waals surface area contributed by atoms with Gasteiger partial charge in [-0.1, -0.05) is 170 Å². The molecule has 4 heteroatoms. The Balaban J connectivity index is 0.891. The average molecular weight is 949 g/mol. The molecule has 0 fully saturated rings. The van der Waals surface area contributed by atoms with Gasteiger partial charge in [-0.3, -0.25) is 0 Å². The van der Waals surface area contributed by atoms with E-state index in [9.17, 15) is 0 Å². The van der Waals surface area contributed by atoms with Crippen LogP contribution in [0.5, 0.6) is 0 Å². The summed E-state index contributed by atoms with van der Waals surface area (Å²) in [6.07, 6.45) is 0. The summed E-state index contributed by atoms with van der Waals surface area (Å²) in [5.41, 5.74) is 19.4. The van der Waals surface area contributed by atoms with Gasteiger partial charge < -0.3 is 18.6 Å². The molecule has 0 spiro atoms. The molecule has 0 aliphatic rings. The van der Waals surface area contributed by atoms with E-state index < -0.39 is 0 Å². The number of furan rings is 2. The summed E-state index contributed by atoms with van der Waals surface area (Å²) in [6, 6.07) is 91.8. The Bertz CT molecular complexity index is 4200. The van der Waals surface area contributed by atoms with Crippen molar-refractivity contribution in [2.45, 2.75) is 13.8 Å². The largest absolute Gasteiger partial charge is 0.456 e. The van der Waals surface area contributed by atoms with Gasteiger partial charge in [0.15, 0.2) is 0 Å². The SMILES string of the molecule is Cc1cc(-c2ccc(N(c3ccccc3-c3ccc4oc5ccccc5c4c3)c3cccc4ccccc34)c(C)c2)ccc1N(c1ccccc1-c1ccc2oc3ccccc3c2c1)c1cccc2ccccc12. The normalized spacial score (nSPS) is 11.6. The first-order valence-electron chi connectivity index (χ1n) is 25.3. The molecule has 0 saturated heterocycles. The quantitative estimate of drug-likeness (QED) is 0.144. The maximum Gasteiger partial charge on any atom is 0.135 e. The van der Waals surface area contributed by atoms with E-state index in [1.807, 2.05) is 24.3 Å². The second-order valence-corrected chi connectivity index (χ2v) is 19.3. The van der Waals surface area contributed by atoms with Crippen molar-refractivity contribution >= 4 is 99.5 Å². The zero-order valence-electron chi connectivity index (χ0n) is 41.0. The first-order valence-corrected chi connectivity index (χ1v) is 25.3. The lowest BCUT2D eigenvalue weighted by atomic mass is 9.96. The van der Waals surface area contributed by atoms with Gasteiger partial charge in [-0.15, -0.1) is 0 Å². The Labute approximate surface area is 429 Å². The van der Waals surface area contributed by atoms with Crippen LogP contribution in [-0.2, 0) is 0 Å². The maximum absolute atomic E-state index is 6.28. The van der Waals surface area contributed by atoms with Crippen molar-refractivity contribution < 1.29 is 8.83 Å². The van der Waals surface area contributed by atoms with Crippen LogP contribution < -0.4 is 9.80 Å². The highest BCUT2D eigenvalue weighted by molar-refractivity contribution is 6.09. The predicted molar refractivity (Wildman–Crippen MR) is 311 cm³/mol. The lowest BCUT2D eigenvalue weighted by Crippen LogP contribution is -2.13. The number of nitrogens with zero attached hydrogens (tertiary/aromatic N) is 2. The third-order valence-corrected chi connectivity index (χ3v) is 14.9. The number of fused-ring (bicyclic) bond motifs is 8. The van der Waals surface area contributed by atoms with Gasteiger partial charge in [0, 0.05) is 54.8 Å². The van der Waals surface area contributed by atoms with Crippen molar-refractivity contribution in [1.29, 1.82) is 0 Å². The highest BCUT2D eigenvalue weighted by Gasteiger charge is 2.24. The van der Waals surface area contributed by atoms with E-state index in [2.05, 4.69) is 254 Å². The highest BCUT2D eigenvalue weighted by Crippen LogP contribution is 2.48. The first-order chi connectivity index (χ1) is 36.5. The molecule has 350 valence electrons. The molecule has 0 bridgehead atoms. The number of benzene rings is 12. The molecule has 0 aliphatic carbocycles. The van der Waals surface area contributed by atoms with Gasteiger partial charge in [0.05, 0.1) is 22.7 Å². The second-order valence-electron chi connectivity index (χ2n) is 19.3. The van der Waals surface area contributed by atoms with E-state index in [0.717, 1.165) is 123 Å². The minimum Gasteiger partial charge on any atom is -0.456 e. The van der Waals surface area contributed by atoms with Crippen LogP contribution in [0, 0.1) is 13.8 Å². The molecule has 4 nitrogen and oxygen atoms in total. The molecule has 2 heterocycles. The zero-order valence-corrected chi connectivity index (χ0v) is 41.0. The van der Waals surface area contributed by atoms with E-state index >= 15 is 0 Å². The van der Waals surface area contributed by atoms with Gasteiger partial charge in [0.25, 0.3) is 0 Å². The molecule has 0 atom stereocenters. The van der Waals surface area contributed by atoms with Gasteiger partial charge in [0.2, 0.25) is 0 Å². The van der Waals surface area contributed by atoms with Crippen LogP contribution in [0.3, 0.4) is 0 Å². The van der Waals surface area contributed by atoms with Gasteiger partial charge in [-0.25, -0.2) is 0 Å². The fourth-order valence-electron chi connectivity index (χ4n) is 11.4. The fraction of sp³-hybridized carbons (Fsp3) is 0.0286. The third kappa shape index (κ3) is 7.22. The van der Waals surface area contributed by atoms with Gasteiger partial charge >= 0.3 is 0 Å². The lowest BCUT2D eigenvalue weighted by Gasteiger charge is -2.31. The number of rotatable bonds is 9. The van der Waals surface area contributed by atoms with Crippen LogP contribution in [0.4, 0.5) is 34.1 Å². The Morgan fingerprint density at radius 3 is 1.05 bits per heavy atom. The lowest BCUT2D eigenvalue weighted by molar-refractivity contribution is 0.668. The van der Waals surface area contributed by atoms with Crippen LogP contribution in [0.15, 0.2) is 264 Å². The number of anilines is 6. The van der Waals surface area contributed by atoms with Crippen LogP contribution in [0.2, 0.25) is 0 Å². The number of aryl methyl sites for hydroxylation is 2. The molecule has 2 aromatic heterocycles. The van der Waals surface area contributed by atoms with Crippen molar-refractivity contribution in [3.05, 3.63) is 266 Å². The smallest absolute Gasteiger partial charge is 0.135 e. The second kappa shape index (κ2) is 17.6. The summed E-state index contributed by atoms with van der Waals surface area (Å²) >= 11 is 0. The molecule has 0 radical (unpaired) electrons. The van der Waals surface area contributed by atoms with E-state index in [1.54, 1.807) is 0 Å². The summed E-state index contributed by atoms with van der Waals surface area (Å²) in [5, 5.41) is 9.20. The predicted octanol–water partition coefficient (Wildman–Crippen LogP) is 20.3. The monoisotopic (exact) mass is 948 g/mol. The molecule has 74 heavy (non-hydrogen) atoms. The summed E-state index contributed by atoms with van der Waals surface area (Å²) in [6.45, 7) is 4.49. The molecule has 0 N–H and O–H groups in total. The van der Waals surface area contributed by atoms with Crippen molar-refractivity contribution in [2.24, 2.45) is 0 Å². The summed E-state index contributed by atoms with van der Waals surface area (Å²) in [4.78, 5) is 4.91. The minimum atomic E-state index is 0.886. The van der Waals surface area contributed by atoms with Gasteiger partial charge in [-0.05, 0) is 143 Å². The van der Waals surface area contributed by atoms with Crippen molar-refractivity contribution in [3.63, 3.8) is 0 Å². The number of hydrogen-bond acceptors (Lipinski definition) is 4. The van der Waals surface area contributed by atoms with Crippen LogP contribution in [0.25, 0.3) is 98.8 Å². The minimum absolute atomic E-state index is 0.886. The Kier molecular flexibility index (Phi) is 10.3. The molecule has 14 rings (SSSR count). The first kappa shape index (κ1) is 43.2. The van der Waals surface area contributed by atoms with Crippen molar-refractivity contribution in [1.82, 2.24) is 0 Å².